The maximum Gasteiger partial charge on any atom is 0.223 e. The molecular weight excluding hydrogens is 286 g/mol. The Hall–Kier alpha value is -2.07. The van der Waals surface area contributed by atoms with Gasteiger partial charge in [0, 0.05) is 58.1 Å². The van der Waals surface area contributed by atoms with Gasteiger partial charge in [0.15, 0.2) is 0 Å². The molecule has 0 spiro atoms. The molecule has 1 aromatic heterocycles. The fourth-order valence-electron chi connectivity index (χ4n) is 3.15. The summed E-state index contributed by atoms with van der Waals surface area (Å²) in [5.74, 6) is 0.283. The molecule has 0 saturated carbocycles. The fraction of sp³-hybridized carbons (Fsp3) is 0.421. The summed E-state index contributed by atoms with van der Waals surface area (Å²) in [6.07, 6.45) is 3.46. The van der Waals surface area contributed by atoms with Crippen molar-refractivity contribution < 1.29 is 4.79 Å². The molecule has 0 aliphatic carbocycles. The number of amides is 1. The van der Waals surface area contributed by atoms with E-state index in [-0.39, 0.29) is 5.91 Å². The molecule has 122 valence electrons. The molecule has 0 bridgehead atoms. The van der Waals surface area contributed by atoms with E-state index in [4.69, 9.17) is 0 Å². The van der Waals surface area contributed by atoms with Crippen LogP contribution < -0.4 is 0 Å². The molecule has 23 heavy (non-hydrogen) atoms. The topological polar surface area (TPSA) is 28.5 Å². The third-order valence-corrected chi connectivity index (χ3v) is 4.62. The predicted octanol–water partition coefficient (Wildman–Crippen LogP) is 2.30. The van der Waals surface area contributed by atoms with Crippen molar-refractivity contribution >= 4 is 5.91 Å². The SMILES string of the molecule is Cn1cccc1CCC(=O)N1CCN(Cc2ccccc2)CC1. The van der Waals surface area contributed by atoms with Crippen LogP contribution in [0.2, 0.25) is 0 Å². The smallest absolute Gasteiger partial charge is 0.223 e. The highest BCUT2D eigenvalue weighted by atomic mass is 16.2. The number of carbonyl (C=O) groups excluding carboxylic acids is 1. The van der Waals surface area contributed by atoms with E-state index in [9.17, 15) is 4.79 Å². The third kappa shape index (κ3) is 4.23. The first kappa shape index (κ1) is 15.8. The number of hydrogen-bond donors (Lipinski definition) is 0. The summed E-state index contributed by atoms with van der Waals surface area (Å²) < 4.78 is 2.09. The highest BCUT2D eigenvalue weighted by Crippen LogP contribution is 2.11. The van der Waals surface area contributed by atoms with Crippen LogP contribution in [0.5, 0.6) is 0 Å². The Morgan fingerprint density at radius 1 is 1.00 bits per heavy atom. The molecule has 1 fully saturated rings. The van der Waals surface area contributed by atoms with Crippen LogP contribution in [0.4, 0.5) is 0 Å². The molecule has 1 amide bonds. The fourth-order valence-corrected chi connectivity index (χ4v) is 3.15. The normalized spacial score (nSPS) is 15.8. The van der Waals surface area contributed by atoms with Gasteiger partial charge in [0.05, 0.1) is 0 Å². The molecule has 1 aliphatic heterocycles. The predicted molar refractivity (Wildman–Crippen MR) is 92.0 cm³/mol. The average molecular weight is 311 g/mol. The van der Waals surface area contributed by atoms with Crippen LogP contribution in [-0.4, -0.2) is 46.5 Å². The van der Waals surface area contributed by atoms with Gasteiger partial charge in [-0.15, -0.1) is 0 Å². The quantitative estimate of drug-likeness (QED) is 0.848. The minimum atomic E-state index is 0.283. The van der Waals surface area contributed by atoms with Crippen molar-refractivity contribution in [3.8, 4) is 0 Å². The van der Waals surface area contributed by atoms with Crippen molar-refractivity contribution in [3.63, 3.8) is 0 Å². The van der Waals surface area contributed by atoms with E-state index in [0.717, 1.165) is 39.1 Å². The van der Waals surface area contributed by atoms with Gasteiger partial charge >= 0.3 is 0 Å². The van der Waals surface area contributed by atoms with Crippen molar-refractivity contribution in [2.24, 2.45) is 7.05 Å². The number of benzene rings is 1. The minimum absolute atomic E-state index is 0.283. The molecule has 2 heterocycles. The number of hydrogen-bond acceptors (Lipinski definition) is 2. The number of carbonyl (C=O) groups is 1. The summed E-state index contributed by atoms with van der Waals surface area (Å²) in [5.41, 5.74) is 2.57. The van der Waals surface area contributed by atoms with E-state index in [1.54, 1.807) is 0 Å². The van der Waals surface area contributed by atoms with Crippen LogP contribution in [0.3, 0.4) is 0 Å². The van der Waals surface area contributed by atoms with E-state index in [0.29, 0.717) is 6.42 Å². The van der Waals surface area contributed by atoms with Gasteiger partial charge in [0.1, 0.15) is 0 Å². The summed E-state index contributed by atoms with van der Waals surface area (Å²) in [6, 6.07) is 14.7. The van der Waals surface area contributed by atoms with Crippen molar-refractivity contribution in [2.75, 3.05) is 26.2 Å². The van der Waals surface area contributed by atoms with E-state index < -0.39 is 0 Å². The highest BCUT2D eigenvalue weighted by Gasteiger charge is 2.20. The lowest BCUT2D eigenvalue weighted by atomic mass is 10.2. The molecule has 1 aromatic carbocycles. The molecule has 0 radical (unpaired) electrons. The molecule has 2 aromatic rings. The molecule has 0 unspecified atom stereocenters. The van der Waals surface area contributed by atoms with Gasteiger partial charge < -0.3 is 9.47 Å². The lowest BCUT2D eigenvalue weighted by molar-refractivity contribution is -0.133. The Labute approximate surface area is 138 Å². The Balaban J connectivity index is 1.43. The van der Waals surface area contributed by atoms with Crippen molar-refractivity contribution in [1.82, 2.24) is 14.4 Å². The first-order chi connectivity index (χ1) is 11.2. The van der Waals surface area contributed by atoms with Gasteiger partial charge in [0.2, 0.25) is 5.91 Å². The van der Waals surface area contributed by atoms with Crippen LogP contribution >= 0.6 is 0 Å². The number of rotatable bonds is 5. The van der Waals surface area contributed by atoms with E-state index in [1.807, 2.05) is 30.3 Å². The highest BCUT2D eigenvalue weighted by molar-refractivity contribution is 5.76. The number of piperazine rings is 1. The summed E-state index contributed by atoms with van der Waals surface area (Å²) in [7, 11) is 2.03. The van der Waals surface area contributed by atoms with Crippen LogP contribution in [0.1, 0.15) is 17.7 Å². The molecule has 4 heteroatoms. The molecule has 0 atom stereocenters. The largest absolute Gasteiger partial charge is 0.354 e. The zero-order valence-corrected chi connectivity index (χ0v) is 13.8. The van der Waals surface area contributed by atoms with Gasteiger partial charge in [-0.2, -0.15) is 0 Å². The summed E-state index contributed by atoms with van der Waals surface area (Å²) in [4.78, 5) is 16.8. The second-order valence-electron chi connectivity index (χ2n) is 6.25. The summed E-state index contributed by atoms with van der Waals surface area (Å²) in [6.45, 7) is 4.60. The van der Waals surface area contributed by atoms with Gasteiger partial charge in [-0.25, -0.2) is 0 Å². The van der Waals surface area contributed by atoms with Crippen molar-refractivity contribution in [3.05, 3.63) is 59.9 Å². The molecular formula is C19H25N3O. The zero-order valence-electron chi connectivity index (χ0n) is 13.8. The van der Waals surface area contributed by atoms with Crippen molar-refractivity contribution in [2.45, 2.75) is 19.4 Å². The van der Waals surface area contributed by atoms with Gasteiger partial charge in [-0.1, -0.05) is 30.3 Å². The Morgan fingerprint density at radius 2 is 1.74 bits per heavy atom. The number of nitrogens with zero attached hydrogens (tertiary/aromatic N) is 3. The Kier molecular flexibility index (Phi) is 5.13. The first-order valence-electron chi connectivity index (χ1n) is 8.36. The average Bonchev–Trinajstić information content (AvgIpc) is 2.99. The Morgan fingerprint density at radius 3 is 2.39 bits per heavy atom. The lowest BCUT2D eigenvalue weighted by Crippen LogP contribution is -2.48. The Bertz CT molecular complexity index is 627. The molecule has 1 saturated heterocycles. The van der Waals surface area contributed by atoms with Gasteiger partial charge in [0.25, 0.3) is 0 Å². The second kappa shape index (κ2) is 7.47. The molecule has 4 nitrogen and oxygen atoms in total. The van der Waals surface area contributed by atoms with E-state index in [1.165, 1.54) is 11.3 Å². The van der Waals surface area contributed by atoms with Crippen LogP contribution in [0.15, 0.2) is 48.7 Å². The molecule has 3 rings (SSSR count). The van der Waals surface area contributed by atoms with Crippen LogP contribution in [0, 0.1) is 0 Å². The van der Waals surface area contributed by atoms with Crippen molar-refractivity contribution in [1.29, 1.82) is 0 Å². The lowest BCUT2D eigenvalue weighted by Gasteiger charge is -2.34. The van der Waals surface area contributed by atoms with E-state index >= 15 is 0 Å². The monoisotopic (exact) mass is 311 g/mol. The van der Waals surface area contributed by atoms with Crippen LogP contribution in [-0.2, 0) is 24.8 Å². The number of aryl methyl sites for hydroxylation is 2. The standard InChI is InChI=1S/C19H25N3O/c1-20-11-5-8-18(20)9-10-19(23)22-14-12-21(13-15-22)16-17-6-3-2-4-7-17/h2-8,11H,9-10,12-16H2,1H3. The van der Waals surface area contributed by atoms with Gasteiger partial charge in [-0.05, 0) is 24.1 Å². The summed E-state index contributed by atoms with van der Waals surface area (Å²) >= 11 is 0. The zero-order chi connectivity index (χ0) is 16.1. The first-order valence-corrected chi connectivity index (χ1v) is 8.36. The minimum Gasteiger partial charge on any atom is -0.354 e. The summed E-state index contributed by atoms with van der Waals surface area (Å²) in [5, 5.41) is 0. The molecule has 1 aliphatic rings. The third-order valence-electron chi connectivity index (χ3n) is 4.62. The van der Waals surface area contributed by atoms with Crippen LogP contribution in [0.25, 0.3) is 0 Å². The maximum atomic E-state index is 12.4. The van der Waals surface area contributed by atoms with Gasteiger partial charge in [-0.3, -0.25) is 9.69 Å². The van der Waals surface area contributed by atoms with E-state index in [2.05, 4.69) is 39.8 Å². The molecule has 0 N–H and O–H groups in total. The maximum absolute atomic E-state index is 12.4. The second-order valence-corrected chi connectivity index (χ2v) is 6.25. The number of aromatic nitrogens is 1.